The van der Waals surface area contributed by atoms with Gasteiger partial charge < -0.3 is 9.64 Å². The molecule has 0 aliphatic rings. The van der Waals surface area contributed by atoms with Crippen molar-refractivity contribution in [3.05, 3.63) is 29.8 Å². The minimum absolute atomic E-state index is 0.0874. The third-order valence-electron chi connectivity index (χ3n) is 2.01. The lowest BCUT2D eigenvalue weighted by Gasteiger charge is -2.13. The summed E-state index contributed by atoms with van der Waals surface area (Å²) in [4.78, 5) is 13.2. The normalized spacial score (nSPS) is 9.13. The summed E-state index contributed by atoms with van der Waals surface area (Å²) < 4.78 is 5.00. The van der Waals surface area contributed by atoms with Gasteiger partial charge in [-0.15, -0.1) is 6.42 Å². The molecular weight excluding hydrogens is 190 g/mol. The summed E-state index contributed by atoms with van der Waals surface area (Å²) in [5.74, 6) is 3.06. The van der Waals surface area contributed by atoms with Gasteiger partial charge in [-0.3, -0.25) is 4.79 Å². The maximum absolute atomic E-state index is 11.7. The van der Waals surface area contributed by atoms with Crippen molar-refractivity contribution in [1.82, 2.24) is 4.90 Å². The van der Waals surface area contributed by atoms with Crippen LogP contribution in [-0.4, -0.2) is 31.5 Å². The van der Waals surface area contributed by atoms with Crippen molar-refractivity contribution in [3.63, 3.8) is 0 Å². The van der Waals surface area contributed by atoms with Crippen LogP contribution in [0.25, 0.3) is 0 Å². The Balaban J connectivity index is 2.79. The predicted octanol–water partition coefficient (Wildman–Crippen LogP) is 1.40. The summed E-state index contributed by atoms with van der Waals surface area (Å²) in [6.07, 6.45) is 5.13. The van der Waals surface area contributed by atoms with Crippen molar-refractivity contribution in [3.8, 4) is 18.1 Å². The molecule has 0 atom stereocenters. The maximum atomic E-state index is 11.7. The molecule has 1 aromatic rings. The van der Waals surface area contributed by atoms with Gasteiger partial charge in [-0.2, -0.15) is 0 Å². The van der Waals surface area contributed by atoms with E-state index < -0.39 is 0 Å². The first-order valence-corrected chi connectivity index (χ1v) is 4.52. The number of carbonyl (C=O) groups is 1. The monoisotopic (exact) mass is 203 g/mol. The van der Waals surface area contributed by atoms with Crippen molar-refractivity contribution in [1.29, 1.82) is 0 Å². The summed E-state index contributed by atoms with van der Waals surface area (Å²) in [5.41, 5.74) is 0.605. The van der Waals surface area contributed by atoms with E-state index in [9.17, 15) is 4.79 Å². The number of carbonyl (C=O) groups excluding carboxylic acids is 1. The van der Waals surface area contributed by atoms with Crippen LogP contribution >= 0.6 is 0 Å². The lowest BCUT2D eigenvalue weighted by molar-refractivity contribution is 0.0812. The predicted molar refractivity (Wildman–Crippen MR) is 58.8 cm³/mol. The average molecular weight is 203 g/mol. The molecule has 0 saturated heterocycles. The van der Waals surface area contributed by atoms with E-state index in [1.807, 2.05) is 0 Å². The highest BCUT2D eigenvalue weighted by atomic mass is 16.5. The summed E-state index contributed by atoms with van der Waals surface area (Å²) in [7, 11) is 3.26. The molecule has 0 heterocycles. The molecule has 0 spiro atoms. The largest absolute Gasteiger partial charge is 0.497 e. The van der Waals surface area contributed by atoms with E-state index in [-0.39, 0.29) is 5.91 Å². The van der Waals surface area contributed by atoms with Crippen LogP contribution < -0.4 is 4.74 Å². The number of ether oxygens (including phenoxy) is 1. The molecule has 3 nitrogen and oxygen atoms in total. The number of terminal acetylenes is 1. The van der Waals surface area contributed by atoms with E-state index in [0.717, 1.165) is 5.75 Å². The van der Waals surface area contributed by atoms with Crippen LogP contribution in [0.1, 0.15) is 10.4 Å². The number of benzene rings is 1. The second-order valence-electron chi connectivity index (χ2n) is 3.09. The molecule has 0 aliphatic heterocycles. The molecular formula is C12H13NO2. The number of hydrogen-bond donors (Lipinski definition) is 0. The van der Waals surface area contributed by atoms with Gasteiger partial charge in [0.1, 0.15) is 5.75 Å². The molecule has 15 heavy (non-hydrogen) atoms. The van der Waals surface area contributed by atoms with Gasteiger partial charge in [0.15, 0.2) is 0 Å². The van der Waals surface area contributed by atoms with Gasteiger partial charge in [0, 0.05) is 12.6 Å². The molecule has 1 aromatic carbocycles. The summed E-state index contributed by atoms with van der Waals surface area (Å²) in [5, 5.41) is 0. The van der Waals surface area contributed by atoms with Gasteiger partial charge in [0.05, 0.1) is 13.7 Å². The Labute approximate surface area is 89.7 Å². The highest BCUT2D eigenvalue weighted by Crippen LogP contribution is 2.12. The minimum Gasteiger partial charge on any atom is -0.497 e. The van der Waals surface area contributed by atoms with E-state index in [1.54, 1.807) is 38.4 Å². The molecule has 3 heteroatoms. The second kappa shape index (κ2) is 5.06. The Hall–Kier alpha value is -1.95. The van der Waals surface area contributed by atoms with Gasteiger partial charge in [-0.05, 0) is 24.3 Å². The molecule has 0 radical (unpaired) electrons. The van der Waals surface area contributed by atoms with Crippen molar-refractivity contribution < 1.29 is 9.53 Å². The Bertz CT molecular complexity index is 376. The molecule has 1 rings (SSSR count). The lowest BCUT2D eigenvalue weighted by Crippen LogP contribution is -2.26. The van der Waals surface area contributed by atoms with Gasteiger partial charge in [-0.1, -0.05) is 5.92 Å². The van der Waals surface area contributed by atoms with Crippen molar-refractivity contribution in [2.75, 3.05) is 20.7 Å². The standard InChI is InChI=1S/C12H13NO2/c1-4-9-13(2)12(14)10-5-7-11(15-3)8-6-10/h1,5-8H,9H2,2-3H3. The Morgan fingerprint density at radius 3 is 2.53 bits per heavy atom. The number of methoxy groups -OCH3 is 1. The average Bonchev–Trinajstić information content (AvgIpc) is 2.28. The highest BCUT2D eigenvalue weighted by molar-refractivity contribution is 5.94. The van der Waals surface area contributed by atoms with Crippen LogP contribution in [-0.2, 0) is 0 Å². The lowest BCUT2D eigenvalue weighted by atomic mass is 10.2. The fourth-order valence-electron chi connectivity index (χ4n) is 1.16. The molecule has 0 N–H and O–H groups in total. The van der Waals surface area contributed by atoms with Gasteiger partial charge in [0.25, 0.3) is 5.91 Å². The first-order valence-electron chi connectivity index (χ1n) is 4.52. The van der Waals surface area contributed by atoms with Crippen molar-refractivity contribution >= 4 is 5.91 Å². The van der Waals surface area contributed by atoms with Gasteiger partial charge >= 0.3 is 0 Å². The molecule has 0 unspecified atom stereocenters. The fraction of sp³-hybridized carbons (Fsp3) is 0.250. The summed E-state index contributed by atoms with van der Waals surface area (Å²) in [6.45, 7) is 0.310. The molecule has 0 fully saturated rings. The van der Waals surface area contributed by atoms with E-state index in [4.69, 9.17) is 11.2 Å². The number of hydrogen-bond acceptors (Lipinski definition) is 2. The third kappa shape index (κ3) is 2.75. The molecule has 0 saturated carbocycles. The van der Waals surface area contributed by atoms with Crippen molar-refractivity contribution in [2.45, 2.75) is 0 Å². The first-order chi connectivity index (χ1) is 7.19. The highest BCUT2D eigenvalue weighted by Gasteiger charge is 2.09. The maximum Gasteiger partial charge on any atom is 0.254 e. The number of rotatable bonds is 3. The van der Waals surface area contributed by atoms with E-state index >= 15 is 0 Å². The Morgan fingerprint density at radius 2 is 2.07 bits per heavy atom. The molecule has 0 aliphatic carbocycles. The topological polar surface area (TPSA) is 29.5 Å². The van der Waals surface area contributed by atoms with E-state index in [0.29, 0.717) is 12.1 Å². The molecule has 1 amide bonds. The van der Waals surface area contributed by atoms with Crippen LogP contribution in [0.3, 0.4) is 0 Å². The SMILES string of the molecule is C#CCN(C)C(=O)c1ccc(OC)cc1. The fourth-order valence-corrected chi connectivity index (χ4v) is 1.16. The molecule has 0 aromatic heterocycles. The number of nitrogens with zero attached hydrogens (tertiary/aromatic N) is 1. The molecule has 78 valence electrons. The summed E-state index contributed by atoms with van der Waals surface area (Å²) in [6, 6.07) is 6.93. The van der Waals surface area contributed by atoms with Crippen molar-refractivity contribution in [2.24, 2.45) is 0 Å². The van der Waals surface area contributed by atoms with Gasteiger partial charge in [0.2, 0.25) is 0 Å². The quantitative estimate of drug-likeness (QED) is 0.695. The molecule has 0 bridgehead atoms. The van der Waals surface area contributed by atoms with Crippen LogP contribution in [0.4, 0.5) is 0 Å². The van der Waals surface area contributed by atoms with E-state index in [1.165, 1.54) is 4.90 Å². The Morgan fingerprint density at radius 1 is 1.47 bits per heavy atom. The minimum atomic E-state index is -0.0874. The number of amides is 1. The zero-order valence-electron chi connectivity index (χ0n) is 8.86. The smallest absolute Gasteiger partial charge is 0.254 e. The zero-order valence-corrected chi connectivity index (χ0v) is 8.86. The van der Waals surface area contributed by atoms with Crippen LogP contribution in [0.15, 0.2) is 24.3 Å². The third-order valence-corrected chi connectivity index (χ3v) is 2.01. The van der Waals surface area contributed by atoms with Crippen LogP contribution in [0, 0.1) is 12.3 Å². The summed E-state index contributed by atoms with van der Waals surface area (Å²) >= 11 is 0. The first kappa shape index (κ1) is 11.1. The zero-order chi connectivity index (χ0) is 11.3. The second-order valence-corrected chi connectivity index (χ2v) is 3.09. The van der Waals surface area contributed by atoms with Gasteiger partial charge in [-0.25, -0.2) is 0 Å². The Kier molecular flexibility index (Phi) is 3.75. The van der Waals surface area contributed by atoms with E-state index in [2.05, 4.69) is 5.92 Å². The van der Waals surface area contributed by atoms with Crippen LogP contribution in [0.2, 0.25) is 0 Å². The van der Waals surface area contributed by atoms with Crippen LogP contribution in [0.5, 0.6) is 5.75 Å².